The van der Waals surface area contributed by atoms with Crippen molar-refractivity contribution < 1.29 is 40.6 Å². The summed E-state index contributed by atoms with van der Waals surface area (Å²) in [5, 5.41) is 3.39. The fourth-order valence-corrected chi connectivity index (χ4v) is 5.01. The number of hydrogen-bond acceptors (Lipinski definition) is 12. The summed E-state index contributed by atoms with van der Waals surface area (Å²) in [5.41, 5.74) is -0.409. The maximum Gasteiger partial charge on any atom is 0.339 e. The highest BCUT2D eigenvalue weighted by Gasteiger charge is 2.29. The zero-order chi connectivity index (χ0) is 25.7. The van der Waals surface area contributed by atoms with Gasteiger partial charge in [-0.3, -0.25) is 5.32 Å². The van der Waals surface area contributed by atoms with Gasteiger partial charge in [0.15, 0.2) is 9.84 Å². The van der Waals surface area contributed by atoms with Crippen molar-refractivity contribution in [3.8, 4) is 11.8 Å². The normalized spacial score (nSPS) is 12.4. The van der Waals surface area contributed by atoms with Gasteiger partial charge >= 0.3 is 12.0 Å². The Morgan fingerprint density at radius 3 is 2.03 bits per heavy atom. The average Bonchev–Trinajstić information content (AvgIpc) is 2.77. The van der Waals surface area contributed by atoms with Crippen molar-refractivity contribution >= 4 is 37.8 Å². The monoisotopic (exact) mass is 517 g/mol. The minimum Gasteiger partial charge on any atom is -0.481 e. The summed E-state index contributed by atoms with van der Waals surface area (Å²) in [4.78, 5) is 31.6. The van der Waals surface area contributed by atoms with Crippen LogP contribution in [-0.4, -0.2) is 73.4 Å². The first-order chi connectivity index (χ1) is 15.9. The number of ether oxygens (including phenoxy) is 3. The molecule has 0 aliphatic rings. The van der Waals surface area contributed by atoms with E-state index >= 15 is 0 Å². The molecule has 16 heteroatoms. The lowest BCUT2D eigenvalue weighted by Crippen LogP contribution is -2.36. The predicted octanol–water partition coefficient (Wildman–Crippen LogP) is 0.0534. The molecule has 0 aliphatic carbocycles. The largest absolute Gasteiger partial charge is 0.481 e. The van der Waals surface area contributed by atoms with Crippen LogP contribution >= 0.6 is 0 Å². The van der Waals surface area contributed by atoms with Crippen LogP contribution in [0.15, 0.2) is 29.2 Å². The third kappa shape index (κ3) is 6.30. The molecule has 186 valence electrons. The van der Waals surface area contributed by atoms with Crippen molar-refractivity contribution in [3.63, 3.8) is 0 Å². The van der Waals surface area contributed by atoms with Crippen molar-refractivity contribution in [1.29, 1.82) is 0 Å². The highest BCUT2D eigenvalue weighted by Crippen LogP contribution is 2.25. The molecule has 1 heterocycles. The van der Waals surface area contributed by atoms with Crippen LogP contribution in [0.4, 0.5) is 10.7 Å². The second-order valence-electron chi connectivity index (χ2n) is 6.58. The molecule has 2 rings (SSSR count). The second kappa shape index (κ2) is 10.6. The molecule has 14 nitrogen and oxygen atoms in total. The number of benzene rings is 1. The number of aromatic nitrogens is 2. The van der Waals surface area contributed by atoms with Gasteiger partial charge in [-0.05, 0) is 24.7 Å². The van der Waals surface area contributed by atoms with E-state index in [1.54, 1.807) is 4.72 Å². The van der Waals surface area contributed by atoms with Crippen molar-refractivity contribution in [2.24, 2.45) is 0 Å². The SMILES string of the molecule is CNC(c1ccc(C(=O)OC)c(S(=O)(=O)NC(=O)Nc2nc(OC)cc(OC)n2)c1)S(C)(=O)=O. The average molecular weight is 518 g/mol. The third-order valence-electron chi connectivity index (χ3n) is 4.24. The first kappa shape index (κ1) is 26.7. The number of carbonyl (C=O) groups is 2. The number of sulfone groups is 1. The number of esters is 1. The quantitative estimate of drug-likeness (QED) is 0.379. The molecular weight excluding hydrogens is 494 g/mol. The van der Waals surface area contributed by atoms with Crippen LogP contribution in [0.1, 0.15) is 21.3 Å². The standard InChI is InChI=1S/C18H23N5O9S2/c1-19-15(33(5,26)27)10-6-7-11(16(24)32-4)12(8-10)34(28,29)23-18(25)22-17-20-13(30-2)9-14(21-17)31-3/h6-9,15,19H,1-5H3,(H2,20,21,22,23,25). The number of nitrogens with zero attached hydrogens (tertiary/aromatic N) is 2. The number of urea groups is 1. The first-order valence-corrected chi connectivity index (χ1v) is 12.7. The molecule has 0 fully saturated rings. The Hall–Kier alpha value is -3.50. The summed E-state index contributed by atoms with van der Waals surface area (Å²) in [5.74, 6) is -1.29. The van der Waals surface area contributed by atoms with E-state index in [-0.39, 0.29) is 23.3 Å². The number of methoxy groups -OCH3 is 3. The van der Waals surface area contributed by atoms with Crippen LogP contribution in [0.25, 0.3) is 0 Å². The molecule has 34 heavy (non-hydrogen) atoms. The smallest absolute Gasteiger partial charge is 0.339 e. The second-order valence-corrected chi connectivity index (χ2v) is 10.4. The molecule has 0 saturated heterocycles. The molecule has 0 spiro atoms. The number of rotatable bonds is 9. The summed E-state index contributed by atoms with van der Waals surface area (Å²) >= 11 is 0. The van der Waals surface area contributed by atoms with Crippen LogP contribution in [0.2, 0.25) is 0 Å². The van der Waals surface area contributed by atoms with Crippen LogP contribution < -0.4 is 24.8 Å². The van der Waals surface area contributed by atoms with Crippen molar-refractivity contribution in [2.45, 2.75) is 10.3 Å². The lowest BCUT2D eigenvalue weighted by Gasteiger charge is -2.17. The van der Waals surface area contributed by atoms with Gasteiger partial charge in [0.2, 0.25) is 17.7 Å². The van der Waals surface area contributed by atoms with Crippen LogP contribution in [0, 0.1) is 0 Å². The number of carbonyl (C=O) groups excluding carboxylic acids is 2. The van der Waals surface area contributed by atoms with Gasteiger partial charge in [-0.25, -0.2) is 31.1 Å². The van der Waals surface area contributed by atoms with Gasteiger partial charge in [0, 0.05) is 6.26 Å². The number of hydrogen-bond donors (Lipinski definition) is 3. The Kier molecular flexibility index (Phi) is 8.36. The summed E-state index contributed by atoms with van der Waals surface area (Å²) < 4.78 is 66.3. The predicted molar refractivity (Wildman–Crippen MR) is 119 cm³/mol. The fraction of sp³-hybridized carbons (Fsp3) is 0.333. The molecule has 0 bridgehead atoms. The van der Waals surface area contributed by atoms with Crippen molar-refractivity contribution in [1.82, 2.24) is 20.0 Å². The van der Waals surface area contributed by atoms with E-state index < -0.39 is 47.7 Å². The lowest BCUT2D eigenvalue weighted by molar-refractivity contribution is 0.0596. The van der Waals surface area contributed by atoms with E-state index in [1.807, 2.05) is 0 Å². The molecule has 2 aromatic rings. The Labute approximate surface area is 196 Å². The summed E-state index contributed by atoms with van der Waals surface area (Å²) in [7, 11) is -3.40. The molecule has 2 amide bonds. The number of sulfonamides is 1. The number of amides is 2. The van der Waals surface area contributed by atoms with Crippen LogP contribution in [0.5, 0.6) is 11.8 Å². The summed E-state index contributed by atoms with van der Waals surface area (Å²) in [6.07, 6.45) is 0.949. The molecule has 1 aromatic heterocycles. The van der Waals surface area contributed by atoms with Crippen LogP contribution in [-0.2, 0) is 24.6 Å². The number of anilines is 1. The van der Waals surface area contributed by atoms with Gasteiger partial charge in [-0.1, -0.05) is 6.07 Å². The summed E-state index contributed by atoms with van der Waals surface area (Å²) in [6, 6.07) is 3.34. The molecule has 1 aromatic carbocycles. The van der Waals surface area contributed by atoms with Gasteiger partial charge in [-0.15, -0.1) is 0 Å². The van der Waals surface area contributed by atoms with E-state index in [0.717, 1.165) is 25.5 Å². The first-order valence-electron chi connectivity index (χ1n) is 9.25. The van der Waals surface area contributed by atoms with E-state index in [2.05, 4.69) is 25.3 Å². The molecule has 0 saturated carbocycles. The summed E-state index contributed by atoms with van der Waals surface area (Å²) in [6.45, 7) is 0. The van der Waals surface area contributed by atoms with E-state index in [1.165, 1.54) is 33.4 Å². The van der Waals surface area contributed by atoms with Gasteiger partial charge < -0.3 is 19.5 Å². The van der Waals surface area contributed by atoms with Crippen LogP contribution in [0.3, 0.4) is 0 Å². The van der Waals surface area contributed by atoms with E-state index in [9.17, 15) is 26.4 Å². The molecule has 1 unspecified atom stereocenters. The Morgan fingerprint density at radius 2 is 1.56 bits per heavy atom. The van der Waals surface area contributed by atoms with E-state index in [0.29, 0.717) is 0 Å². The van der Waals surface area contributed by atoms with Gasteiger partial charge in [0.05, 0.1) is 33.0 Å². The highest BCUT2D eigenvalue weighted by molar-refractivity contribution is 7.91. The zero-order valence-electron chi connectivity index (χ0n) is 18.8. The van der Waals surface area contributed by atoms with Crippen molar-refractivity contribution in [3.05, 3.63) is 35.4 Å². The van der Waals surface area contributed by atoms with Gasteiger partial charge in [0.25, 0.3) is 10.0 Å². The van der Waals surface area contributed by atoms with Gasteiger partial charge in [0.1, 0.15) is 10.3 Å². The molecule has 1 atom stereocenters. The molecule has 0 radical (unpaired) electrons. The topological polar surface area (TPSA) is 192 Å². The Morgan fingerprint density at radius 1 is 0.971 bits per heavy atom. The van der Waals surface area contributed by atoms with E-state index in [4.69, 9.17) is 9.47 Å². The Bertz CT molecular complexity index is 1270. The van der Waals surface area contributed by atoms with Gasteiger partial charge in [-0.2, -0.15) is 9.97 Å². The van der Waals surface area contributed by atoms with Crippen molar-refractivity contribution in [2.75, 3.05) is 39.9 Å². The Balaban J connectivity index is 2.46. The maximum atomic E-state index is 13.0. The minimum atomic E-state index is -4.71. The molecular formula is C18H23N5O9S2. The lowest BCUT2D eigenvalue weighted by atomic mass is 10.1. The molecule has 0 aliphatic heterocycles. The minimum absolute atomic E-state index is 0.0132. The maximum absolute atomic E-state index is 13.0. The number of nitrogens with one attached hydrogen (secondary N) is 3. The fourth-order valence-electron chi connectivity index (χ4n) is 2.80. The third-order valence-corrected chi connectivity index (χ3v) is 6.98. The molecule has 3 N–H and O–H groups in total. The highest BCUT2D eigenvalue weighted by atomic mass is 32.2. The zero-order valence-corrected chi connectivity index (χ0v) is 20.4.